The van der Waals surface area contributed by atoms with Crippen LogP contribution in [-0.2, 0) is 0 Å². The van der Waals surface area contributed by atoms with Crippen molar-refractivity contribution < 1.29 is 0 Å². The molecule has 0 aromatic carbocycles. The first kappa shape index (κ1) is 20.0. The minimum absolute atomic E-state index is 0.0506. The summed E-state index contributed by atoms with van der Waals surface area (Å²) in [6, 6.07) is 0.331. The predicted octanol–water partition coefficient (Wildman–Crippen LogP) is 1.70. The average molecular weight is 416 g/mol. The molecule has 0 spiro atoms. The summed E-state index contributed by atoms with van der Waals surface area (Å²) >= 11 is 6.34. The molecule has 1 aliphatic carbocycles. The molecule has 3 aliphatic heterocycles. The lowest BCUT2D eigenvalue weighted by atomic mass is 9.98. The van der Waals surface area contributed by atoms with Crippen LogP contribution in [0.15, 0.2) is 56.8 Å². The summed E-state index contributed by atoms with van der Waals surface area (Å²) in [7, 11) is 0. The van der Waals surface area contributed by atoms with Crippen molar-refractivity contribution in [1.29, 1.82) is 0 Å². The van der Waals surface area contributed by atoms with Gasteiger partial charge in [-0.2, -0.15) is 10.2 Å². The minimum atomic E-state index is 0.0506. The minimum Gasteiger partial charge on any atom is -0.397 e. The lowest BCUT2D eigenvalue weighted by molar-refractivity contribution is 0.352. The Morgan fingerprint density at radius 1 is 1.38 bits per heavy atom. The lowest BCUT2D eigenvalue weighted by Gasteiger charge is -2.33. The molecule has 6 N–H and O–H groups in total. The maximum atomic E-state index is 6.42. The molecule has 8 heteroatoms. The molecule has 29 heavy (non-hydrogen) atoms. The summed E-state index contributed by atoms with van der Waals surface area (Å²) < 4.78 is 0. The van der Waals surface area contributed by atoms with Crippen molar-refractivity contribution in [2.45, 2.75) is 44.0 Å². The first-order valence-corrected chi connectivity index (χ1v) is 10.8. The zero-order valence-corrected chi connectivity index (χ0v) is 17.7. The molecule has 4 rings (SSSR count). The predicted molar refractivity (Wildman–Crippen MR) is 120 cm³/mol. The monoisotopic (exact) mass is 415 g/mol. The molecule has 156 valence electrons. The first-order valence-electron chi connectivity index (χ1n) is 10.4. The second-order valence-corrected chi connectivity index (χ2v) is 8.60. The van der Waals surface area contributed by atoms with Gasteiger partial charge in [0.2, 0.25) is 0 Å². The normalized spacial score (nSPS) is 28.1. The van der Waals surface area contributed by atoms with E-state index in [9.17, 15) is 0 Å². The topological polar surface area (TPSA) is 104 Å². The van der Waals surface area contributed by atoms with Crippen LogP contribution in [0, 0.1) is 0 Å². The molecule has 1 saturated heterocycles. The molecule has 7 nitrogen and oxygen atoms in total. The SMILES string of the molecule is CC1=CCC(Cl)C=C1CN1CCNC(N)=C1/C=C(\N)C1=NN=C(C2CCCN2)C1. The maximum Gasteiger partial charge on any atom is 0.120 e. The molecule has 2 unspecified atom stereocenters. The summed E-state index contributed by atoms with van der Waals surface area (Å²) in [5.74, 6) is 0.636. The molecule has 0 saturated carbocycles. The van der Waals surface area contributed by atoms with Gasteiger partial charge in [-0.05, 0) is 44.4 Å². The van der Waals surface area contributed by atoms with Gasteiger partial charge in [0.25, 0.3) is 0 Å². The number of halogens is 1. The van der Waals surface area contributed by atoms with E-state index >= 15 is 0 Å². The Bertz CT molecular complexity index is 843. The van der Waals surface area contributed by atoms with Crippen molar-refractivity contribution >= 4 is 23.0 Å². The number of hydrogen-bond acceptors (Lipinski definition) is 7. The van der Waals surface area contributed by atoms with E-state index in [1.165, 1.54) is 17.6 Å². The second kappa shape index (κ2) is 8.63. The van der Waals surface area contributed by atoms with E-state index in [2.05, 4.69) is 44.8 Å². The van der Waals surface area contributed by atoms with Crippen LogP contribution in [0.3, 0.4) is 0 Å². The second-order valence-electron chi connectivity index (χ2n) is 8.04. The molecule has 2 atom stereocenters. The summed E-state index contributed by atoms with van der Waals surface area (Å²) in [5, 5.41) is 15.5. The van der Waals surface area contributed by atoms with Crippen molar-refractivity contribution in [3.05, 3.63) is 46.6 Å². The van der Waals surface area contributed by atoms with E-state index in [4.69, 9.17) is 23.1 Å². The zero-order valence-electron chi connectivity index (χ0n) is 16.9. The van der Waals surface area contributed by atoms with Gasteiger partial charge in [-0.15, -0.1) is 11.6 Å². The van der Waals surface area contributed by atoms with Crippen LogP contribution in [0.5, 0.6) is 0 Å². The van der Waals surface area contributed by atoms with Crippen molar-refractivity contribution in [3.63, 3.8) is 0 Å². The third kappa shape index (κ3) is 4.51. The van der Waals surface area contributed by atoms with Crippen molar-refractivity contribution in [1.82, 2.24) is 15.5 Å². The molecule has 0 amide bonds. The van der Waals surface area contributed by atoms with Gasteiger partial charge in [0.05, 0.1) is 28.2 Å². The number of nitrogens with one attached hydrogen (secondary N) is 2. The number of allylic oxidation sites excluding steroid dienone is 4. The Morgan fingerprint density at radius 2 is 2.24 bits per heavy atom. The maximum absolute atomic E-state index is 6.42. The number of hydrogen-bond donors (Lipinski definition) is 4. The largest absolute Gasteiger partial charge is 0.397 e. The first-order chi connectivity index (χ1) is 14.0. The van der Waals surface area contributed by atoms with Crippen molar-refractivity contribution in [2.24, 2.45) is 21.7 Å². The fourth-order valence-electron chi connectivity index (χ4n) is 4.18. The summed E-state index contributed by atoms with van der Waals surface area (Å²) in [4.78, 5) is 2.26. The van der Waals surface area contributed by atoms with Crippen LogP contribution in [0.1, 0.15) is 32.6 Å². The fraction of sp³-hybridized carbons (Fsp3) is 0.524. The van der Waals surface area contributed by atoms with Crippen LogP contribution in [0.4, 0.5) is 0 Å². The summed E-state index contributed by atoms with van der Waals surface area (Å²) in [6.45, 7) is 5.58. The van der Waals surface area contributed by atoms with Gasteiger partial charge in [-0.25, -0.2) is 0 Å². The average Bonchev–Trinajstić information content (AvgIpc) is 3.39. The molecule has 0 radical (unpaired) electrons. The van der Waals surface area contributed by atoms with Gasteiger partial charge < -0.3 is 27.0 Å². The number of nitrogens with two attached hydrogens (primary N) is 2. The Labute approximate surface area is 177 Å². The van der Waals surface area contributed by atoms with Gasteiger partial charge >= 0.3 is 0 Å². The molecule has 4 aliphatic rings. The van der Waals surface area contributed by atoms with E-state index in [-0.39, 0.29) is 5.38 Å². The van der Waals surface area contributed by atoms with Gasteiger partial charge in [0.15, 0.2) is 0 Å². The molecule has 3 heterocycles. The Hall–Kier alpha value is -2.25. The molecule has 0 aromatic heterocycles. The van der Waals surface area contributed by atoms with E-state index in [1.807, 2.05) is 6.08 Å². The molecule has 1 fully saturated rings. The van der Waals surface area contributed by atoms with Gasteiger partial charge in [-0.3, -0.25) is 0 Å². The van der Waals surface area contributed by atoms with E-state index in [0.717, 1.165) is 56.1 Å². The molecular formula is C21H30ClN7. The summed E-state index contributed by atoms with van der Waals surface area (Å²) in [6.07, 6.45) is 10.2. The number of alkyl halides is 1. The van der Waals surface area contributed by atoms with E-state index < -0.39 is 0 Å². The van der Waals surface area contributed by atoms with E-state index in [1.54, 1.807) is 0 Å². The van der Waals surface area contributed by atoms with Crippen LogP contribution >= 0.6 is 11.6 Å². The van der Waals surface area contributed by atoms with Crippen molar-refractivity contribution in [2.75, 3.05) is 26.2 Å². The highest BCUT2D eigenvalue weighted by molar-refractivity contribution is 6.22. The number of rotatable bonds is 5. The number of nitrogens with zero attached hydrogens (tertiary/aromatic N) is 3. The van der Waals surface area contributed by atoms with Gasteiger partial charge in [0, 0.05) is 32.1 Å². The van der Waals surface area contributed by atoms with Crippen LogP contribution in [0.25, 0.3) is 0 Å². The summed E-state index contributed by atoms with van der Waals surface area (Å²) in [5.41, 5.74) is 18.6. The molecule has 0 bridgehead atoms. The third-order valence-electron chi connectivity index (χ3n) is 5.95. The standard InChI is InChI=1S/C21H30ClN7/c1-13-4-5-15(22)9-14(13)12-29-8-7-26-21(24)20(29)10-16(23)18-11-19(28-27-18)17-3-2-6-25-17/h4,9-10,15,17,25-26H,2-3,5-8,11-12,23-24H2,1H3/b16-10-. The Kier molecular flexibility index (Phi) is 5.96. The lowest BCUT2D eigenvalue weighted by Crippen LogP contribution is -2.42. The van der Waals surface area contributed by atoms with E-state index in [0.29, 0.717) is 24.0 Å². The van der Waals surface area contributed by atoms with Gasteiger partial charge in [0.1, 0.15) is 5.82 Å². The van der Waals surface area contributed by atoms with Crippen LogP contribution in [-0.4, -0.2) is 53.9 Å². The third-order valence-corrected chi connectivity index (χ3v) is 6.25. The van der Waals surface area contributed by atoms with Crippen LogP contribution in [0.2, 0.25) is 0 Å². The molecular weight excluding hydrogens is 386 g/mol. The molecule has 0 aromatic rings. The van der Waals surface area contributed by atoms with Crippen LogP contribution < -0.4 is 22.1 Å². The highest BCUT2D eigenvalue weighted by Crippen LogP contribution is 2.25. The smallest absolute Gasteiger partial charge is 0.120 e. The quantitative estimate of drug-likeness (QED) is 0.511. The van der Waals surface area contributed by atoms with Gasteiger partial charge in [-0.1, -0.05) is 17.7 Å². The zero-order chi connectivity index (χ0) is 20.4. The highest BCUT2D eigenvalue weighted by atomic mass is 35.5. The fourth-order valence-corrected chi connectivity index (χ4v) is 4.42. The Balaban J connectivity index is 1.48. The highest BCUT2D eigenvalue weighted by Gasteiger charge is 2.26. The van der Waals surface area contributed by atoms with Crippen molar-refractivity contribution in [3.8, 4) is 0 Å². The Morgan fingerprint density at radius 3 is 3.03 bits per heavy atom.